The molecule has 2 aromatic heterocycles. The number of thioether (sulfide) groups is 1. The third-order valence-electron chi connectivity index (χ3n) is 5.05. The molecule has 0 aliphatic carbocycles. The van der Waals surface area contributed by atoms with E-state index < -0.39 is 0 Å². The number of nitrogens with one attached hydrogen (secondary N) is 1. The monoisotopic (exact) mass is 443 g/mol. The minimum absolute atomic E-state index is 0.178. The number of fused-ring (bicyclic) bond motifs is 1. The van der Waals surface area contributed by atoms with Crippen LogP contribution in [0, 0.1) is 5.82 Å². The lowest BCUT2D eigenvalue weighted by molar-refractivity contribution is 0.627. The second-order valence-corrected chi connectivity index (χ2v) is 8.52. The highest BCUT2D eigenvalue weighted by atomic mass is 32.2. The van der Waals surface area contributed by atoms with Gasteiger partial charge in [-0.25, -0.2) is 9.37 Å². The molecular weight excluding hydrogens is 425 g/mol. The molecule has 3 aromatic carbocycles. The number of aromatic amines is 1. The summed E-state index contributed by atoms with van der Waals surface area (Å²) in [6.45, 7) is 1.95. The summed E-state index contributed by atoms with van der Waals surface area (Å²) in [6.07, 6.45) is 0. The number of halogens is 1. The van der Waals surface area contributed by atoms with Crippen molar-refractivity contribution in [3.63, 3.8) is 0 Å². The van der Waals surface area contributed by atoms with Crippen LogP contribution in [0.15, 0.2) is 88.8 Å². The lowest BCUT2D eigenvalue weighted by atomic mass is 10.2. The first-order valence-corrected chi connectivity index (χ1v) is 10.9. The summed E-state index contributed by atoms with van der Waals surface area (Å²) in [6, 6.07) is 23.1. The second-order valence-electron chi connectivity index (χ2n) is 7.21. The Labute approximate surface area is 187 Å². The van der Waals surface area contributed by atoms with Crippen LogP contribution in [0.1, 0.15) is 18.0 Å². The van der Waals surface area contributed by atoms with E-state index in [1.807, 2.05) is 60.0 Å². The predicted octanol–water partition coefficient (Wildman–Crippen LogP) is 5.16. The number of nitrogens with zero attached hydrogens (tertiary/aromatic N) is 4. The molecule has 2 heterocycles. The van der Waals surface area contributed by atoms with Gasteiger partial charge < -0.3 is 4.98 Å². The van der Waals surface area contributed by atoms with E-state index >= 15 is 0 Å². The molecule has 5 aromatic rings. The predicted molar refractivity (Wildman–Crippen MR) is 123 cm³/mol. The average molecular weight is 444 g/mol. The van der Waals surface area contributed by atoms with Crippen LogP contribution in [0.25, 0.3) is 28.0 Å². The Balaban J connectivity index is 1.57. The van der Waals surface area contributed by atoms with E-state index in [4.69, 9.17) is 0 Å². The van der Waals surface area contributed by atoms with E-state index in [0.717, 1.165) is 11.3 Å². The third kappa shape index (κ3) is 3.80. The Morgan fingerprint density at radius 3 is 2.44 bits per heavy atom. The van der Waals surface area contributed by atoms with Gasteiger partial charge in [0.25, 0.3) is 5.56 Å². The molecule has 5 rings (SSSR count). The molecule has 0 saturated carbocycles. The van der Waals surface area contributed by atoms with Crippen molar-refractivity contribution in [1.29, 1.82) is 0 Å². The molecule has 158 valence electrons. The van der Waals surface area contributed by atoms with Crippen LogP contribution in [0.2, 0.25) is 0 Å². The maximum Gasteiger partial charge on any atom is 0.258 e. The highest BCUT2D eigenvalue weighted by Crippen LogP contribution is 2.35. The molecule has 8 heteroatoms. The van der Waals surface area contributed by atoms with E-state index in [0.29, 0.717) is 27.7 Å². The number of hydrogen-bond donors (Lipinski definition) is 1. The maximum absolute atomic E-state index is 13.6. The van der Waals surface area contributed by atoms with Crippen molar-refractivity contribution in [2.45, 2.75) is 17.3 Å². The Hall–Kier alpha value is -3.78. The zero-order valence-electron chi connectivity index (χ0n) is 17.1. The molecule has 0 spiro atoms. The summed E-state index contributed by atoms with van der Waals surface area (Å²) in [4.78, 5) is 20.0. The first-order valence-electron chi connectivity index (χ1n) is 10.0. The van der Waals surface area contributed by atoms with Crippen LogP contribution in [0.4, 0.5) is 4.39 Å². The summed E-state index contributed by atoms with van der Waals surface area (Å²) >= 11 is 1.42. The van der Waals surface area contributed by atoms with Gasteiger partial charge in [-0.1, -0.05) is 54.2 Å². The van der Waals surface area contributed by atoms with Crippen molar-refractivity contribution in [3.8, 4) is 17.1 Å². The Morgan fingerprint density at radius 2 is 1.66 bits per heavy atom. The Morgan fingerprint density at radius 1 is 0.938 bits per heavy atom. The third-order valence-corrected chi connectivity index (χ3v) is 6.10. The largest absolute Gasteiger partial charge is 0.309 e. The molecule has 1 atom stereocenters. The highest BCUT2D eigenvalue weighted by Gasteiger charge is 2.20. The van der Waals surface area contributed by atoms with Crippen LogP contribution in [0.3, 0.4) is 0 Å². The van der Waals surface area contributed by atoms with Gasteiger partial charge in [0.05, 0.1) is 16.2 Å². The van der Waals surface area contributed by atoms with E-state index in [1.165, 1.54) is 23.9 Å². The van der Waals surface area contributed by atoms with Gasteiger partial charge in [-0.15, -0.1) is 10.2 Å². The Bertz CT molecular complexity index is 1450. The number of benzene rings is 3. The van der Waals surface area contributed by atoms with Crippen LogP contribution in [0.5, 0.6) is 0 Å². The lowest BCUT2D eigenvalue weighted by Gasteiger charge is -2.14. The summed E-state index contributed by atoms with van der Waals surface area (Å²) in [5.74, 6) is 0.879. The molecule has 0 unspecified atom stereocenters. The summed E-state index contributed by atoms with van der Waals surface area (Å²) in [7, 11) is 0. The number of aromatic nitrogens is 5. The summed E-state index contributed by atoms with van der Waals surface area (Å²) < 4.78 is 15.4. The van der Waals surface area contributed by atoms with Gasteiger partial charge in [0, 0.05) is 11.3 Å². The minimum atomic E-state index is -0.316. The summed E-state index contributed by atoms with van der Waals surface area (Å²) in [5, 5.41) is 9.76. The van der Waals surface area contributed by atoms with Crippen LogP contribution in [-0.2, 0) is 0 Å². The number of H-pyrrole nitrogens is 1. The number of rotatable bonds is 5. The molecule has 32 heavy (non-hydrogen) atoms. The van der Waals surface area contributed by atoms with E-state index in [2.05, 4.69) is 20.2 Å². The number of hydrogen-bond acceptors (Lipinski definition) is 5. The van der Waals surface area contributed by atoms with Gasteiger partial charge in [-0.05, 0) is 43.3 Å². The lowest BCUT2D eigenvalue weighted by Crippen LogP contribution is -2.13. The topological polar surface area (TPSA) is 76.5 Å². The van der Waals surface area contributed by atoms with Crippen molar-refractivity contribution in [3.05, 3.63) is 101 Å². The van der Waals surface area contributed by atoms with Crippen LogP contribution < -0.4 is 5.56 Å². The van der Waals surface area contributed by atoms with Crippen LogP contribution >= 0.6 is 11.8 Å². The van der Waals surface area contributed by atoms with Gasteiger partial charge in [0.15, 0.2) is 11.0 Å². The van der Waals surface area contributed by atoms with Gasteiger partial charge in [-0.3, -0.25) is 9.36 Å². The van der Waals surface area contributed by atoms with Crippen molar-refractivity contribution in [2.75, 3.05) is 0 Å². The fourth-order valence-electron chi connectivity index (χ4n) is 3.45. The molecule has 0 radical (unpaired) electrons. The zero-order chi connectivity index (χ0) is 22.1. The maximum atomic E-state index is 13.6. The summed E-state index contributed by atoms with van der Waals surface area (Å²) in [5.41, 5.74) is 2.10. The number of para-hydroxylation sites is 1. The molecular formula is C24H18FN5OS. The molecule has 6 nitrogen and oxygen atoms in total. The second kappa shape index (κ2) is 8.39. The van der Waals surface area contributed by atoms with Crippen LogP contribution in [-0.4, -0.2) is 24.7 Å². The normalized spacial score (nSPS) is 12.2. The molecule has 0 aliphatic heterocycles. The molecule has 0 saturated heterocycles. The Kier molecular flexibility index (Phi) is 5.28. The first-order chi connectivity index (χ1) is 15.6. The SMILES string of the molecule is C[C@H](Sc1nnc(-c2ccccc2)n1-c1ccc(F)cc1)c1nc2ccccc2c(=O)[nH]1. The first kappa shape index (κ1) is 20.1. The smallest absolute Gasteiger partial charge is 0.258 e. The van der Waals surface area contributed by atoms with Gasteiger partial charge >= 0.3 is 0 Å². The van der Waals surface area contributed by atoms with Crippen molar-refractivity contribution in [2.24, 2.45) is 0 Å². The molecule has 0 amide bonds. The van der Waals surface area contributed by atoms with E-state index in [1.54, 1.807) is 18.2 Å². The van der Waals surface area contributed by atoms with E-state index in [-0.39, 0.29) is 16.6 Å². The quantitative estimate of drug-likeness (QED) is 0.380. The highest BCUT2D eigenvalue weighted by molar-refractivity contribution is 7.99. The fraction of sp³-hybridized carbons (Fsp3) is 0.0833. The zero-order valence-corrected chi connectivity index (χ0v) is 17.9. The van der Waals surface area contributed by atoms with E-state index in [9.17, 15) is 9.18 Å². The van der Waals surface area contributed by atoms with Crippen molar-refractivity contribution >= 4 is 22.7 Å². The molecule has 0 aliphatic rings. The molecule has 1 N–H and O–H groups in total. The van der Waals surface area contributed by atoms with Gasteiger partial charge in [0.1, 0.15) is 11.6 Å². The molecule has 0 fully saturated rings. The van der Waals surface area contributed by atoms with Gasteiger partial charge in [0.2, 0.25) is 0 Å². The van der Waals surface area contributed by atoms with Crippen molar-refractivity contribution in [1.82, 2.24) is 24.7 Å². The van der Waals surface area contributed by atoms with Crippen molar-refractivity contribution < 1.29 is 4.39 Å². The molecule has 0 bridgehead atoms. The van der Waals surface area contributed by atoms with Gasteiger partial charge in [-0.2, -0.15) is 0 Å². The standard InChI is InChI=1S/C24H18FN5OS/c1-15(21-26-20-10-6-5-9-19(20)23(31)27-21)32-24-29-28-22(16-7-3-2-4-8-16)30(24)18-13-11-17(25)12-14-18/h2-15H,1H3,(H,26,27,31)/t15-/m0/s1. The fourth-order valence-corrected chi connectivity index (χ4v) is 4.38. The average Bonchev–Trinajstić information content (AvgIpc) is 3.23. The minimum Gasteiger partial charge on any atom is -0.309 e.